The number of carbonyl (C=O) groups excluding carboxylic acids is 2. The summed E-state index contributed by atoms with van der Waals surface area (Å²) in [6, 6.07) is 3.24. The van der Waals surface area contributed by atoms with Gasteiger partial charge in [0.2, 0.25) is 11.8 Å². The molecule has 2 aromatic heterocycles. The Kier molecular flexibility index (Phi) is 3.79. The van der Waals surface area contributed by atoms with E-state index in [1.807, 2.05) is 16.7 Å². The molecule has 0 saturated carbocycles. The number of fused-ring (bicyclic) bond motifs is 1. The molecule has 0 aromatic carbocycles. The Morgan fingerprint density at radius 3 is 3.10 bits per heavy atom. The van der Waals surface area contributed by atoms with Crippen molar-refractivity contribution < 1.29 is 9.59 Å². The number of hydrogen-bond donors (Lipinski definition) is 2. The zero-order valence-electron chi connectivity index (χ0n) is 11.3. The number of halogens is 1. The summed E-state index contributed by atoms with van der Waals surface area (Å²) in [5.74, 6) is -0.194. The van der Waals surface area contributed by atoms with E-state index in [9.17, 15) is 9.59 Å². The lowest BCUT2D eigenvalue weighted by Crippen LogP contribution is -2.42. The van der Waals surface area contributed by atoms with Crippen LogP contribution in [0.3, 0.4) is 0 Å². The Morgan fingerprint density at radius 1 is 1.48 bits per heavy atom. The highest BCUT2D eigenvalue weighted by molar-refractivity contribution is 6.30. The first-order valence-corrected chi connectivity index (χ1v) is 7.20. The van der Waals surface area contributed by atoms with Gasteiger partial charge in [0.25, 0.3) is 0 Å². The Hall–Kier alpha value is -2.08. The smallest absolute Gasteiger partial charge is 0.242 e. The van der Waals surface area contributed by atoms with Crippen molar-refractivity contribution in [1.82, 2.24) is 20.0 Å². The predicted octanol–water partition coefficient (Wildman–Crippen LogP) is 0.925. The Morgan fingerprint density at radius 2 is 2.33 bits per heavy atom. The van der Waals surface area contributed by atoms with Gasteiger partial charge in [-0.05, 0) is 18.6 Å². The second kappa shape index (κ2) is 5.73. The van der Waals surface area contributed by atoms with Gasteiger partial charge in [0.15, 0.2) is 0 Å². The monoisotopic (exact) mass is 306 g/mol. The molecule has 3 heterocycles. The number of hydrogen-bond acceptors (Lipinski definition) is 3. The van der Waals surface area contributed by atoms with Crippen LogP contribution in [0.15, 0.2) is 24.5 Å². The molecule has 1 fully saturated rings. The number of pyridine rings is 1. The lowest BCUT2D eigenvalue weighted by atomic mass is 10.2. The molecule has 0 spiro atoms. The molecular weight excluding hydrogens is 292 g/mol. The maximum Gasteiger partial charge on any atom is 0.242 e. The van der Waals surface area contributed by atoms with Crippen molar-refractivity contribution in [2.75, 3.05) is 6.54 Å². The average molecular weight is 307 g/mol. The van der Waals surface area contributed by atoms with Gasteiger partial charge < -0.3 is 15.0 Å². The van der Waals surface area contributed by atoms with Crippen LogP contribution in [0.5, 0.6) is 0 Å². The zero-order valence-corrected chi connectivity index (χ0v) is 12.1. The highest BCUT2D eigenvalue weighted by Crippen LogP contribution is 2.12. The number of aromatic nitrogens is 2. The summed E-state index contributed by atoms with van der Waals surface area (Å²) >= 11 is 5.92. The van der Waals surface area contributed by atoms with E-state index in [4.69, 9.17) is 11.6 Å². The largest absolute Gasteiger partial charge is 0.354 e. The highest BCUT2D eigenvalue weighted by atomic mass is 35.5. The summed E-state index contributed by atoms with van der Waals surface area (Å²) in [6.45, 7) is 0.489. The Labute approximate surface area is 126 Å². The molecule has 2 amide bonds. The van der Waals surface area contributed by atoms with Gasteiger partial charge in [0.05, 0.1) is 10.7 Å². The summed E-state index contributed by atoms with van der Waals surface area (Å²) < 4.78 is 1.86. The summed E-state index contributed by atoms with van der Waals surface area (Å²) in [7, 11) is 0. The molecule has 0 aliphatic carbocycles. The maximum atomic E-state index is 11.8. The van der Waals surface area contributed by atoms with Gasteiger partial charge in [-0.15, -0.1) is 0 Å². The molecule has 21 heavy (non-hydrogen) atoms. The summed E-state index contributed by atoms with van der Waals surface area (Å²) in [6.07, 6.45) is 5.30. The van der Waals surface area contributed by atoms with Crippen LogP contribution in [-0.4, -0.2) is 33.8 Å². The van der Waals surface area contributed by atoms with Crippen LogP contribution in [0, 0.1) is 0 Å². The number of rotatable bonds is 4. The third-order valence-electron chi connectivity index (χ3n) is 3.46. The summed E-state index contributed by atoms with van der Waals surface area (Å²) in [5, 5.41) is 6.11. The molecule has 0 bridgehead atoms. The number of nitrogens with zero attached hydrogens (tertiary/aromatic N) is 2. The van der Waals surface area contributed by atoms with Crippen molar-refractivity contribution in [2.45, 2.75) is 25.3 Å². The molecular formula is C14H15ClN4O2. The van der Waals surface area contributed by atoms with Gasteiger partial charge in [-0.3, -0.25) is 9.59 Å². The van der Waals surface area contributed by atoms with Crippen molar-refractivity contribution >= 4 is 29.1 Å². The molecule has 3 rings (SSSR count). The molecule has 2 N–H and O–H groups in total. The molecule has 1 atom stereocenters. The SMILES string of the molecule is O=C1CCC(C(=O)NCCc2cn3cc(Cl)ccc3n2)N1. The van der Waals surface area contributed by atoms with E-state index in [2.05, 4.69) is 15.6 Å². The van der Waals surface area contributed by atoms with Gasteiger partial charge in [0, 0.05) is 31.8 Å². The van der Waals surface area contributed by atoms with E-state index in [0.29, 0.717) is 30.8 Å². The van der Waals surface area contributed by atoms with E-state index in [-0.39, 0.29) is 11.8 Å². The molecule has 7 heteroatoms. The van der Waals surface area contributed by atoms with Gasteiger partial charge in [-0.25, -0.2) is 4.98 Å². The minimum Gasteiger partial charge on any atom is -0.354 e. The van der Waals surface area contributed by atoms with Gasteiger partial charge in [0.1, 0.15) is 11.7 Å². The van der Waals surface area contributed by atoms with Crippen molar-refractivity contribution in [3.8, 4) is 0 Å². The average Bonchev–Trinajstić information content (AvgIpc) is 3.04. The van der Waals surface area contributed by atoms with Crippen molar-refractivity contribution in [3.05, 3.63) is 35.2 Å². The van der Waals surface area contributed by atoms with Gasteiger partial charge in [-0.1, -0.05) is 11.6 Å². The second-order valence-corrected chi connectivity index (χ2v) is 5.48. The van der Waals surface area contributed by atoms with Crippen LogP contribution in [0.2, 0.25) is 5.02 Å². The maximum absolute atomic E-state index is 11.8. The lowest BCUT2D eigenvalue weighted by molar-refractivity contribution is -0.125. The van der Waals surface area contributed by atoms with Crippen molar-refractivity contribution in [2.24, 2.45) is 0 Å². The fourth-order valence-corrected chi connectivity index (χ4v) is 2.55. The summed E-state index contributed by atoms with van der Waals surface area (Å²) in [4.78, 5) is 27.3. The summed E-state index contributed by atoms with van der Waals surface area (Å²) in [5.41, 5.74) is 1.71. The van der Waals surface area contributed by atoms with Crippen LogP contribution < -0.4 is 10.6 Å². The van der Waals surface area contributed by atoms with E-state index in [0.717, 1.165) is 11.3 Å². The van der Waals surface area contributed by atoms with Gasteiger partial charge >= 0.3 is 0 Å². The Balaban J connectivity index is 1.54. The standard InChI is InChI=1S/C14H15ClN4O2/c15-9-1-3-12-17-10(8-19(12)7-9)5-6-16-14(21)11-2-4-13(20)18-11/h1,3,7-8,11H,2,4-6H2,(H,16,21)(H,18,20). The molecule has 1 aliphatic heterocycles. The number of nitrogens with one attached hydrogen (secondary N) is 2. The fourth-order valence-electron chi connectivity index (χ4n) is 2.39. The van der Waals surface area contributed by atoms with Gasteiger partial charge in [-0.2, -0.15) is 0 Å². The lowest BCUT2D eigenvalue weighted by Gasteiger charge is -2.09. The molecule has 2 aromatic rings. The highest BCUT2D eigenvalue weighted by Gasteiger charge is 2.26. The minimum atomic E-state index is -0.391. The van der Waals surface area contributed by atoms with Crippen LogP contribution in [0.4, 0.5) is 0 Å². The van der Waals surface area contributed by atoms with E-state index >= 15 is 0 Å². The first-order chi connectivity index (χ1) is 10.1. The number of amides is 2. The molecule has 110 valence electrons. The van der Waals surface area contributed by atoms with Crippen LogP contribution in [0.25, 0.3) is 5.65 Å². The normalized spacial score (nSPS) is 18.0. The third kappa shape index (κ3) is 3.16. The molecule has 0 radical (unpaired) electrons. The van der Waals surface area contributed by atoms with E-state index in [1.54, 1.807) is 12.3 Å². The van der Waals surface area contributed by atoms with E-state index in [1.165, 1.54) is 0 Å². The predicted molar refractivity (Wildman–Crippen MR) is 78.1 cm³/mol. The molecule has 1 aliphatic rings. The number of imidazole rings is 1. The van der Waals surface area contributed by atoms with E-state index < -0.39 is 6.04 Å². The number of carbonyl (C=O) groups is 2. The first kappa shape index (κ1) is 13.9. The van der Waals surface area contributed by atoms with Crippen LogP contribution in [-0.2, 0) is 16.0 Å². The van der Waals surface area contributed by atoms with Crippen molar-refractivity contribution in [3.63, 3.8) is 0 Å². The topological polar surface area (TPSA) is 75.5 Å². The fraction of sp³-hybridized carbons (Fsp3) is 0.357. The van der Waals surface area contributed by atoms with Crippen LogP contribution in [0.1, 0.15) is 18.5 Å². The first-order valence-electron chi connectivity index (χ1n) is 6.82. The molecule has 6 nitrogen and oxygen atoms in total. The third-order valence-corrected chi connectivity index (χ3v) is 3.68. The second-order valence-electron chi connectivity index (χ2n) is 5.04. The molecule has 1 saturated heterocycles. The molecule has 1 unspecified atom stereocenters. The Bertz CT molecular complexity index is 697. The minimum absolute atomic E-state index is 0.0626. The zero-order chi connectivity index (χ0) is 14.8. The van der Waals surface area contributed by atoms with Crippen molar-refractivity contribution in [1.29, 1.82) is 0 Å². The quantitative estimate of drug-likeness (QED) is 0.882. The van der Waals surface area contributed by atoms with Crippen LogP contribution >= 0.6 is 11.6 Å².